The number of thioether (sulfide) groups is 1. The van der Waals surface area contributed by atoms with Crippen LogP contribution in [0.4, 0.5) is 0 Å². The van der Waals surface area contributed by atoms with Gasteiger partial charge in [0.25, 0.3) is 0 Å². The zero-order valence-electron chi connectivity index (χ0n) is 7.91. The van der Waals surface area contributed by atoms with E-state index in [2.05, 4.69) is 11.0 Å². The Kier molecular flexibility index (Phi) is 3.13. The Bertz CT molecular complexity index is 205. The van der Waals surface area contributed by atoms with Crippen LogP contribution in [0.3, 0.4) is 0 Å². The van der Waals surface area contributed by atoms with Gasteiger partial charge in [-0.25, -0.2) is 0 Å². The third kappa shape index (κ3) is 2.00. The van der Waals surface area contributed by atoms with Crippen LogP contribution in [0.25, 0.3) is 0 Å². The average Bonchev–Trinajstić information content (AvgIpc) is 2.67. The molecule has 0 amide bonds. The van der Waals surface area contributed by atoms with Crippen LogP contribution in [0.1, 0.15) is 19.3 Å². The second-order valence-electron chi connectivity index (χ2n) is 3.88. The van der Waals surface area contributed by atoms with Crippen LogP contribution in [-0.2, 0) is 0 Å². The van der Waals surface area contributed by atoms with E-state index >= 15 is 0 Å². The Balaban J connectivity index is 1.94. The van der Waals surface area contributed by atoms with Gasteiger partial charge in [-0.3, -0.25) is 4.90 Å². The lowest BCUT2D eigenvalue weighted by molar-refractivity contribution is 0.196. The van der Waals surface area contributed by atoms with E-state index in [4.69, 9.17) is 5.26 Å². The number of hydrogen-bond donors (Lipinski definition) is 0. The van der Waals surface area contributed by atoms with Crippen molar-refractivity contribution < 1.29 is 0 Å². The molecule has 0 aromatic carbocycles. The lowest BCUT2D eigenvalue weighted by atomic mass is 10.0. The molecule has 1 saturated heterocycles. The highest BCUT2D eigenvalue weighted by molar-refractivity contribution is 7.99. The zero-order valence-corrected chi connectivity index (χ0v) is 8.72. The van der Waals surface area contributed by atoms with Crippen molar-refractivity contribution in [2.24, 2.45) is 5.92 Å². The summed E-state index contributed by atoms with van der Waals surface area (Å²) in [5.74, 6) is 2.84. The van der Waals surface area contributed by atoms with Gasteiger partial charge in [0.15, 0.2) is 0 Å². The molecule has 1 aliphatic carbocycles. The van der Waals surface area contributed by atoms with Crippen molar-refractivity contribution in [3.63, 3.8) is 0 Å². The van der Waals surface area contributed by atoms with Gasteiger partial charge in [-0.15, -0.1) is 0 Å². The summed E-state index contributed by atoms with van der Waals surface area (Å²) in [4.78, 5) is 2.54. The average molecular weight is 196 g/mol. The number of hydrogen-bond acceptors (Lipinski definition) is 3. The molecule has 0 radical (unpaired) electrons. The highest BCUT2D eigenvalue weighted by atomic mass is 32.2. The molecule has 72 valence electrons. The molecule has 2 rings (SSSR count). The lowest BCUT2D eigenvalue weighted by Crippen LogP contribution is -2.42. The summed E-state index contributed by atoms with van der Waals surface area (Å²) in [6.07, 6.45) is 3.64. The molecule has 0 spiro atoms. The molecule has 1 saturated carbocycles. The lowest BCUT2D eigenvalue weighted by Gasteiger charge is -2.33. The maximum atomic E-state index is 8.99. The fourth-order valence-electron chi connectivity index (χ4n) is 2.44. The van der Waals surface area contributed by atoms with Crippen LogP contribution in [0, 0.1) is 17.2 Å². The van der Waals surface area contributed by atoms with Gasteiger partial charge in [0.1, 0.15) is 0 Å². The number of nitriles is 1. The first-order chi connectivity index (χ1) is 6.42. The van der Waals surface area contributed by atoms with E-state index in [0.29, 0.717) is 12.0 Å². The summed E-state index contributed by atoms with van der Waals surface area (Å²) in [5.41, 5.74) is 0. The second-order valence-corrected chi connectivity index (χ2v) is 5.11. The van der Waals surface area contributed by atoms with Crippen molar-refractivity contribution >= 4 is 11.8 Å². The molecule has 13 heavy (non-hydrogen) atoms. The van der Waals surface area contributed by atoms with Crippen LogP contribution in [-0.4, -0.2) is 35.5 Å². The Hall–Kier alpha value is -0.200. The van der Waals surface area contributed by atoms with E-state index in [0.717, 1.165) is 6.42 Å². The monoisotopic (exact) mass is 196 g/mol. The Labute approximate surface area is 84.3 Å². The van der Waals surface area contributed by atoms with Crippen molar-refractivity contribution in [1.29, 1.82) is 5.26 Å². The molecule has 0 bridgehead atoms. The molecule has 1 heterocycles. The largest absolute Gasteiger partial charge is 0.297 e. The van der Waals surface area contributed by atoms with E-state index in [1.807, 2.05) is 11.8 Å². The third-order valence-corrected chi connectivity index (χ3v) is 4.10. The molecule has 2 unspecified atom stereocenters. The maximum Gasteiger partial charge on any atom is 0.0672 e. The van der Waals surface area contributed by atoms with Crippen molar-refractivity contribution in [3.05, 3.63) is 0 Å². The standard InChI is InChI=1S/C10H16N2S/c11-8-9-2-1-3-10(9)12-4-6-13-7-5-12/h9-10H,1-7H2. The van der Waals surface area contributed by atoms with Gasteiger partial charge in [0, 0.05) is 30.6 Å². The normalized spacial score (nSPS) is 35.9. The summed E-state index contributed by atoms with van der Waals surface area (Å²) >= 11 is 2.04. The van der Waals surface area contributed by atoms with Gasteiger partial charge >= 0.3 is 0 Å². The van der Waals surface area contributed by atoms with Crippen LogP contribution in [0.2, 0.25) is 0 Å². The van der Waals surface area contributed by atoms with Crippen LogP contribution in [0.15, 0.2) is 0 Å². The molecule has 0 aromatic heterocycles. The summed E-state index contributed by atoms with van der Waals surface area (Å²) in [5, 5.41) is 8.99. The molecule has 0 aromatic rings. The molecular formula is C10H16N2S. The second kappa shape index (κ2) is 4.34. The molecule has 2 aliphatic rings. The van der Waals surface area contributed by atoms with Gasteiger partial charge in [-0.2, -0.15) is 17.0 Å². The summed E-state index contributed by atoms with van der Waals surface area (Å²) in [6, 6.07) is 3.05. The van der Waals surface area contributed by atoms with E-state index in [-0.39, 0.29) is 0 Å². The first kappa shape index (κ1) is 9.36. The van der Waals surface area contributed by atoms with Gasteiger partial charge < -0.3 is 0 Å². The minimum atomic E-state index is 0.322. The summed E-state index contributed by atoms with van der Waals surface area (Å²) in [6.45, 7) is 2.40. The van der Waals surface area contributed by atoms with Crippen molar-refractivity contribution in [2.45, 2.75) is 25.3 Å². The molecule has 1 aliphatic heterocycles. The quantitative estimate of drug-likeness (QED) is 0.639. The first-order valence-electron chi connectivity index (χ1n) is 5.13. The van der Waals surface area contributed by atoms with E-state index in [1.54, 1.807) is 0 Å². The predicted molar refractivity (Wildman–Crippen MR) is 55.6 cm³/mol. The predicted octanol–water partition coefficient (Wildman–Crippen LogP) is 1.73. The van der Waals surface area contributed by atoms with Gasteiger partial charge in [-0.1, -0.05) is 6.42 Å². The molecular weight excluding hydrogens is 180 g/mol. The Morgan fingerprint density at radius 2 is 2.00 bits per heavy atom. The third-order valence-electron chi connectivity index (χ3n) is 3.16. The van der Waals surface area contributed by atoms with Gasteiger partial charge in [-0.05, 0) is 12.8 Å². The van der Waals surface area contributed by atoms with E-state index in [1.165, 1.54) is 37.4 Å². The van der Waals surface area contributed by atoms with Crippen molar-refractivity contribution in [2.75, 3.05) is 24.6 Å². The maximum absolute atomic E-state index is 8.99. The fourth-order valence-corrected chi connectivity index (χ4v) is 3.37. The Morgan fingerprint density at radius 1 is 1.23 bits per heavy atom. The van der Waals surface area contributed by atoms with Crippen LogP contribution < -0.4 is 0 Å². The smallest absolute Gasteiger partial charge is 0.0672 e. The van der Waals surface area contributed by atoms with E-state index < -0.39 is 0 Å². The fraction of sp³-hybridized carbons (Fsp3) is 0.900. The van der Waals surface area contributed by atoms with Crippen LogP contribution in [0.5, 0.6) is 0 Å². The molecule has 2 atom stereocenters. The molecule has 2 nitrogen and oxygen atoms in total. The van der Waals surface area contributed by atoms with Crippen molar-refractivity contribution in [3.8, 4) is 6.07 Å². The van der Waals surface area contributed by atoms with Gasteiger partial charge in [0.05, 0.1) is 12.0 Å². The van der Waals surface area contributed by atoms with Crippen LogP contribution >= 0.6 is 11.8 Å². The number of nitrogens with zero attached hydrogens (tertiary/aromatic N) is 2. The molecule has 0 N–H and O–H groups in total. The number of rotatable bonds is 1. The van der Waals surface area contributed by atoms with E-state index in [9.17, 15) is 0 Å². The van der Waals surface area contributed by atoms with Gasteiger partial charge in [0.2, 0.25) is 0 Å². The highest BCUT2D eigenvalue weighted by Gasteiger charge is 2.32. The first-order valence-corrected chi connectivity index (χ1v) is 6.28. The zero-order chi connectivity index (χ0) is 9.10. The molecule has 3 heteroatoms. The SMILES string of the molecule is N#CC1CCCC1N1CCSCC1. The summed E-state index contributed by atoms with van der Waals surface area (Å²) in [7, 11) is 0. The summed E-state index contributed by atoms with van der Waals surface area (Å²) < 4.78 is 0. The minimum Gasteiger partial charge on any atom is -0.297 e. The Morgan fingerprint density at radius 3 is 2.69 bits per heavy atom. The van der Waals surface area contributed by atoms with Crippen molar-refractivity contribution in [1.82, 2.24) is 4.90 Å². The highest BCUT2D eigenvalue weighted by Crippen LogP contribution is 2.30. The minimum absolute atomic E-state index is 0.322. The topological polar surface area (TPSA) is 27.0 Å². The molecule has 2 fully saturated rings.